The average molecular weight is 276 g/mol. The molecule has 1 heterocycles. The molecule has 0 fully saturated rings. The van der Waals surface area contributed by atoms with Gasteiger partial charge in [0.1, 0.15) is 5.75 Å². The van der Waals surface area contributed by atoms with Crippen LogP contribution in [-0.2, 0) is 0 Å². The Kier molecular flexibility index (Phi) is 4.93. The number of benzene rings is 1. The van der Waals surface area contributed by atoms with E-state index in [1.807, 2.05) is 18.2 Å². The summed E-state index contributed by atoms with van der Waals surface area (Å²) in [6.45, 7) is 5.64. The molecule has 1 aromatic carbocycles. The van der Waals surface area contributed by atoms with Crippen molar-refractivity contribution in [3.05, 3.63) is 34.7 Å². The van der Waals surface area contributed by atoms with Crippen LogP contribution in [0.3, 0.4) is 0 Å². The van der Waals surface area contributed by atoms with E-state index in [0.717, 1.165) is 23.4 Å². The van der Waals surface area contributed by atoms with E-state index in [9.17, 15) is 0 Å². The van der Waals surface area contributed by atoms with Crippen molar-refractivity contribution < 1.29 is 4.74 Å². The van der Waals surface area contributed by atoms with Gasteiger partial charge in [-0.05, 0) is 25.1 Å². The Bertz CT molecular complexity index is 522. The average Bonchev–Trinajstić information content (AvgIpc) is 2.89. The zero-order valence-electron chi connectivity index (χ0n) is 11.4. The molecule has 1 aromatic heterocycles. The van der Waals surface area contributed by atoms with E-state index in [1.165, 1.54) is 5.01 Å². The molecule has 0 aliphatic rings. The van der Waals surface area contributed by atoms with E-state index in [2.05, 4.69) is 30.3 Å². The van der Waals surface area contributed by atoms with Gasteiger partial charge in [0.05, 0.1) is 17.3 Å². The third-order valence-corrected chi connectivity index (χ3v) is 3.91. The molecule has 0 spiro atoms. The molecule has 0 atom stereocenters. The second-order valence-electron chi connectivity index (χ2n) is 4.74. The monoisotopic (exact) mass is 276 g/mol. The van der Waals surface area contributed by atoms with Gasteiger partial charge in [-0.15, -0.1) is 11.3 Å². The first kappa shape index (κ1) is 14.0. The summed E-state index contributed by atoms with van der Waals surface area (Å²) in [4.78, 5) is 4.66. The minimum Gasteiger partial charge on any atom is -0.494 e. The van der Waals surface area contributed by atoms with Gasteiger partial charge in [0.2, 0.25) is 0 Å². The Balaban J connectivity index is 2.12. The molecule has 0 saturated carbocycles. The zero-order valence-corrected chi connectivity index (χ0v) is 12.2. The van der Waals surface area contributed by atoms with E-state index >= 15 is 0 Å². The first-order chi connectivity index (χ1) is 9.20. The quantitative estimate of drug-likeness (QED) is 0.819. The van der Waals surface area contributed by atoms with Crippen molar-refractivity contribution in [2.75, 3.05) is 13.2 Å². The van der Waals surface area contributed by atoms with E-state index in [-0.39, 0.29) is 0 Å². The molecule has 0 amide bonds. The Labute approximate surface area is 118 Å². The second-order valence-corrected chi connectivity index (χ2v) is 5.63. The fourth-order valence-corrected chi connectivity index (χ4v) is 2.55. The molecule has 2 N–H and O–H groups in total. The standard InChI is InChI=1S/C15H20N2OS/c1-11(2)15-17-14(10-19-15)12-5-3-6-13(9-12)18-8-4-7-16/h3,5-6,9-11H,4,7-8,16H2,1-2H3. The minimum atomic E-state index is 0.475. The Morgan fingerprint density at radius 1 is 1.37 bits per heavy atom. The fourth-order valence-electron chi connectivity index (χ4n) is 1.70. The summed E-state index contributed by atoms with van der Waals surface area (Å²) in [6, 6.07) is 8.07. The predicted molar refractivity (Wildman–Crippen MR) is 80.8 cm³/mol. The van der Waals surface area contributed by atoms with Crippen molar-refractivity contribution in [3.63, 3.8) is 0 Å². The van der Waals surface area contributed by atoms with Gasteiger partial charge in [0.25, 0.3) is 0 Å². The van der Waals surface area contributed by atoms with Crippen molar-refractivity contribution in [1.82, 2.24) is 4.98 Å². The highest BCUT2D eigenvalue weighted by Gasteiger charge is 2.08. The highest BCUT2D eigenvalue weighted by molar-refractivity contribution is 7.10. The van der Waals surface area contributed by atoms with Crippen LogP contribution in [0.1, 0.15) is 31.2 Å². The highest BCUT2D eigenvalue weighted by atomic mass is 32.1. The van der Waals surface area contributed by atoms with Crippen LogP contribution in [0.15, 0.2) is 29.6 Å². The number of thiazole rings is 1. The maximum absolute atomic E-state index is 5.66. The Morgan fingerprint density at radius 2 is 2.21 bits per heavy atom. The van der Waals surface area contributed by atoms with Crippen molar-refractivity contribution >= 4 is 11.3 Å². The molecule has 0 saturated heterocycles. The summed E-state index contributed by atoms with van der Waals surface area (Å²) < 4.78 is 5.66. The third kappa shape index (κ3) is 3.78. The molecule has 0 unspecified atom stereocenters. The SMILES string of the molecule is CC(C)c1nc(-c2cccc(OCCCN)c2)cs1. The molecular weight excluding hydrogens is 256 g/mol. The molecule has 4 heteroatoms. The van der Waals surface area contributed by atoms with Gasteiger partial charge in [0.15, 0.2) is 0 Å². The minimum absolute atomic E-state index is 0.475. The lowest BCUT2D eigenvalue weighted by Crippen LogP contribution is -2.06. The molecule has 3 nitrogen and oxygen atoms in total. The first-order valence-electron chi connectivity index (χ1n) is 6.59. The molecule has 0 radical (unpaired) electrons. The third-order valence-electron chi connectivity index (χ3n) is 2.76. The fraction of sp³-hybridized carbons (Fsp3) is 0.400. The van der Waals surface area contributed by atoms with E-state index in [0.29, 0.717) is 19.1 Å². The largest absolute Gasteiger partial charge is 0.494 e. The predicted octanol–water partition coefficient (Wildman–Crippen LogP) is 3.66. The van der Waals surface area contributed by atoms with Crippen LogP contribution >= 0.6 is 11.3 Å². The maximum atomic E-state index is 5.66. The van der Waals surface area contributed by atoms with E-state index in [4.69, 9.17) is 10.5 Å². The van der Waals surface area contributed by atoms with Crippen molar-refractivity contribution in [1.29, 1.82) is 0 Å². The lowest BCUT2D eigenvalue weighted by molar-refractivity contribution is 0.313. The van der Waals surface area contributed by atoms with Crippen LogP contribution in [0.4, 0.5) is 0 Å². The molecule has 0 bridgehead atoms. The molecule has 2 rings (SSSR count). The lowest BCUT2D eigenvalue weighted by atomic mass is 10.1. The van der Waals surface area contributed by atoms with Gasteiger partial charge in [-0.2, -0.15) is 0 Å². The van der Waals surface area contributed by atoms with Gasteiger partial charge in [-0.25, -0.2) is 4.98 Å². The van der Waals surface area contributed by atoms with Gasteiger partial charge < -0.3 is 10.5 Å². The number of aromatic nitrogens is 1. The molecule has 19 heavy (non-hydrogen) atoms. The van der Waals surface area contributed by atoms with Gasteiger partial charge >= 0.3 is 0 Å². The van der Waals surface area contributed by atoms with Crippen LogP contribution in [0, 0.1) is 0 Å². The molecule has 0 aliphatic heterocycles. The molecule has 102 valence electrons. The van der Waals surface area contributed by atoms with Crippen molar-refractivity contribution in [2.24, 2.45) is 5.73 Å². The maximum Gasteiger partial charge on any atom is 0.119 e. The Hall–Kier alpha value is -1.39. The zero-order chi connectivity index (χ0) is 13.7. The summed E-state index contributed by atoms with van der Waals surface area (Å²) >= 11 is 1.71. The van der Waals surface area contributed by atoms with Crippen LogP contribution in [0.25, 0.3) is 11.3 Å². The summed E-state index contributed by atoms with van der Waals surface area (Å²) in [5.41, 5.74) is 7.59. The van der Waals surface area contributed by atoms with Crippen LogP contribution in [-0.4, -0.2) is 18.1 Å². The first-order valence-corrected chi connectivity index (χ1v) is 7.47. The van der Waals surface area contributed by atoms with Crippen LogP contribution < -0.4 is 10.5 Å². The second kappa shape index (κ2) is 6.68. The number of hydrogen-bond donors (Lipinski definition) is 1. The number of hydrogen-bond acceptors (Lipinski definition) is 4. The van der Waals surface area contributed by atoms with Gasteiger partial charge in [0, 0.05) is 16.9 Å². The molecule has 0 aliphatic carbocycles. The normalized spacial score (nSPS) is 10.9. The van der Waals surface area contributed by atoms with Crippen molar-refractivity contribution in [3.8, 4) is 17.0 Å². The summed E-state index contributed by atoms with van der Waals surface area (Å²) in [5, 5.41) is 3.28. The van der Waals surface area contributed by atoms with Crippen molar-refractivity contribution in [2.45, 2.75) is 26.2 Å². The summed E-state index contributed by atoms with van der Waals surface area (Å²) in [7, 11) is 0. The van der Waals surface area contributed by atoms with E-state index in [1.54, 1.807) is 11.3 Å². The lowest BCUT2D eigenvalue weighted by Gasteiger charge is -2.06. The molecule has 2 aromatic rings. The van der Waals surface area contributed by atoms with Crippen LogP contribution in [0.2, 0.25) is 0 Å². The Morgan fingerprint density at radius 3 is 2.89 bits per heavy atom. The smallest absolute Gasteiger partial charge is 0.119 e. The number of rotatable bonds is 6. The summed E-state index contributed by atoms with van der Waals surface area (Å²) in [5.74, 6) is 1.35. The van der Waals surface area contributed by atoms with Gasteiger partial charge in [-0.3, -0.25) is 0 Å². The van der Waals surface area contributed by atoms with E-state index < -0.39 is 0 Å². The number of nitrogens with zero attached hydrogens (tertiary/aromatic N) is 1. The summed E-state index contributed by atoms with van der Waals surface area (Å²) in [6.07, 6.45) is 0.873. The number of nitrogens with two attached hydrogens (primary N) is 1. The highest BCUT2D eigenvalue weighted by Crippen LogP contribution is 2.28. The topological polar surface area (TPSA) is 48.1 Å². The molecular formula is C15H20N2OS. The van der Waals surface area contributed by atoms with Crippen LogP contribution in [0.5, 0.6) is 5.75 Å². The number of ether oxygens (including phenoxy) is 1. The van der Waals surface area contributed by atoms with Gasteiger partial charge in [-0.1, -0.05) is 26.0 Å².